The molecule has 1 aromatic carbocycles. The summed E-state index contributed by atoms with van der Waals surface area (Å²) in [6.07, 6.45) is 0.606. The Hall–Kier alpha value is -1.49. The lowest BCUT2D eigenvalue weighted by molar-refractivity contribution is 0.0935. The van der Waals surface area contributed by atoms with E-state index in [1.54, 1.807) is 6.92 Å². The molecule has 3 nitrogen and oxygen atoms in total. The summed E-state index contributed by atoms with van der Waals surface area (Å²) in [6, 6.07) is 2.71. The highest BCUT2D eigenvalue weighted by Crippen LogP contribution is 2.09. The van der Waals surface area contributed by atoms with Crippen molar-refractivity contribution >= 4 is 5.91 Å². The molecule has 1 aromatic rings. The molecular formula is C11H14F2N2O. The van der Waals surface area contributed by atoms with E-state index in [0.29, 0.717) is 19.0 Å². The van der Waals surface area contributed by atoms with Crippen LogP contribution in [0.3, 0.4) is 0 Å². The van der Waals surface area contributed by atoms with Gasteiger partial charge in [-0.2, -0.15) is 0 Å². The van der Waals surface area contributed by atoms with Crippen molar-refractivity contribution in [3.05, 3.63) is 35.4 Å². The van der Waals surface area contributed by atoms with Gasteiger partial charge in [0.15, 0.2) is 0 Å². The van der Waals surface area contributed by atoms with E-state index in [1.165, 1.54) is 0 Å². The summed E-state index contributed by atoms with van der Waals surface area (Å²) in [5, 5.41) is 2.58. The molecule has 1 atom stereocenters. The van der Waals surface area contributed by atoms with Gasteiger partial charge in [-0.15, -0.1) is 0 Å². The van der Waals surface area contributed by atoms with Crippen LogP contribution >= 0.6 is 0 Å². The molecule has 0 aliphatic carbocycles. The maximum atomic E-state index is 13.2. The molecule has 0 aliphatic rings. The van der Waals surface area contributed by atoms with Crippen molar-refractivity contribution in [1.29, 1.82) is 0 Å². The van der Waals surface area contributed by atoms with E-state index < -0.39 is 17.5 Å². The Bertz CT molecular complexity index is 382. The summed E-state index contributed by atoms with van der Waals surface area (Å²) >= 11 is 0. The first-order valence-corrected chi connectivity index (χ1v) is 5.00. The van der Waals surface area contributed by atoms with Crippen molar-refractivity contribution in [3.8, 4) is 0 Å². The van der Waals surface area contributed by atoms with Gasteiger partial charge in [0.05, 0.1) is 5.56 Å². The van der Waals surface area contributed by atoms with Gasteiger partial charge < -0.3 is 11.1 Å². The average Bonchev–Trinajstić information content (AvgIpc) is 2.17. The third kappa shape index (κ3) is 3.27. The van der Waals surface area contributed by atoms with E-state index >= 15 is 0 Å². The second-order valence-electron chi connectivity index (χ2n) is 3.58. The number of rotatable bonds is 4. The monoisotopic (exact) mass is 228 g/mol. The van der Waals surface area contributed by atoms with E-state index in [1.807, 2.05) is 0 Å². The Morgan fingerprint density at radius 3 is 2.75 bits per heavy atom. The predicted octanol–water partition coefficient (Wildman–Crippen LogP) is 1.43. The second-order valence-corrected chi connectivity index (χ2v) is 3.58. The minimum Gasteiger partial charge on any atom is -0.349 e. The fourth-order valence-electron chi connectivity index (χ4n) is 1.30. The Kier molecular flexibility index (Phi) is 4.37. The van der Waals surface area contributed by atoms with Crippen molar-refractivity contribution in [2.75, 3.05) is 6.54 Å². The molecule has 1 amide bonds. The van der Waals surface area contributed by atoms with E-state index in [4.69, 9.17) is 5.73 Å². The zero-order valence-electron chi connectivity index (χ0n) is 8.97. The molecule has 16 heavy (non-hydrogen) atoms. The highest BCUT2D eigenvalue weighted by molar-refractivity contribution is 5.94. The van der Waals surface area contributed by atoms with Gasteiger partial charge in [-0.25, -0.2) is 8.78 Å². The van der Waals surface area contributed by atoms with Gasteiger partial charge >= 0.3 is 0 Å². The van der Waals surface area contributed by atoms with Gasteiger partial charge in [-0.1, -0.05) is 0 Å². The van der Waals surface area contributed by atoms with Crippen LogP contribution in [0.15, 0.2) is 18.2 Å². The van der Waals surface area contributed by atoms with Crippen molar-refractivity contribution in [2.45, 2.75) is 19.4 Å². The quantitative estimate of drug-likeness (QED) is 0.819. The third-order valence-corrected chi connectivity index (χ3v) is 2.15. The molecule has 0 fully saturated rings. The van der Waals surface area contributed by atoms with Gasteiger partial charge in [-0.3, -0.25) is 4.79 Å². The number of hydrogen-bond acceptors (Lipinski definition) is 2. The fourth-order valence-corrected chi connectivity index (χ4v) is 1.30. The van der Waals surface area contributed by atoms with Crippen LogP contribution in [0.4, 0.5) is 8.78 Å². The molecular weight excluding hydrogens is 214 g/mol. The Balaban J connectivity index is 2.73. The Morgan fingerprint density at radius 1 is 1.50 bits per heavy atom. The Morgan fingerprint density at radius 2 is 2.19 bits per heavy atom. The zero-order valence-corrected chi connectivity index (χ0v) is 8.97. The first kappa shape index (κ1) is 12.6. The van der Waals surface area contributed by atoms with E-state index in [0.717, 1.165) is 12.1 Å². The number of nitrogens with one attached hydrogen (secondary N) is 1. The minimum atomic E-state index is -0.863. The number of halogens is 2. The molecule has 0 aromatic heterocycles. The largest absolute Gasteiger partial charge is 0.349 e. The van der Waals surface area contributed by atoms with Gasteiger partial charge in [0, 0.05) is 12.1 Å². The number of hydrogen-bond donors (Lipinski definition) is 2. The molecule has 0 radical (unpaired) electrons. The molecule has 0 heterocycles. The normalized spacial score (nSPS) is 12.2. The maximum Gasteiger partial charge on any atom is 0.254 e. The number of carbonyl (C=O) groups excluding carboxylic acids is 1. The summed E-state index contributed by atoms with van der Waals surface area (Å²) in [5.41, 5.74) is 5.16. The van der Waals surface area contributed by atoms with Crippen LogP contribution in [0.25, 0.3) is 0 Å². The Labute approximate surface area is 92.6 Å². The second kappa shape index (κ2) is 5.55. The molecule has 0 aliphatic heterocycles. The zero-order chi connectivity index (χ0) is 12.1. The van der Waals surface area contributed by atoms with Crippen LogP contribution < -0.4 is 11.1 Å². The van der Waals surface area contributed by atoms with E-state index in [-0.39, 0.29) is 11.6 Å². The first-order valence-electron chi connectivity index (χ1n) is 5.00. The van der Waals surface area contributed by atoms with E-state index in [2.05, 4.69) is 5.32 Å². The molecule has 1 unspecified atom stereocenters. The lowest BCUT2D eigenvalue weighted by Crippen LogP contribution is -2.34. The number of benzene rings is 1. The van der Waals surface area contributed by atoms with Gasteiger partial charge in [0.2, 0.25) is 0 Å². The van der Waals surface area contributed by atoms with Crippen LogP contribution in [0.1, 0.15) is 23.7 Å². The molecule has 3 N–H and O–H groups in total. The standard InChI is InChI=1S/C11H14F2N2O/c1-7(4-5-14)15-11(16)9-3-2-8(12)6-10(9)13/h2-3,6-7H,4-5,14H2,1H3,(H,15,16). The van der Waals surface area contributed by atoms with Crippen LogP contribution in [-0.4, -0.2) is 18.5 Å². The van der Waals surface area contributed by atoms with Crippen LogP contribution in [-0.2, 0) is 0 Å². The minimum absolute atomic E-state index is 0.137. The number of carbonyl (C=O) groups is 1. The van der Waals surface area contributed by atoms with Crippen LogP contribution in [0, 0.1) is 11.6 Å². The summed E-state index contributed by atoms with van der Waals surface area (Å²) < 4.78 is 25.8. The lowest BCUT2D eigenvalue weighted by Gasteiger charge is -2.12. The number of nitrogens with two attached hydrogens (primary N) is 1. The van der Waals surface area contributed by atoms with Crippen molar-refractivity contribution in [3.63, 3.8) is 0 Å². The first-order chi connectivity index (χ1) is 7.54. The fraction of sp³-hybridized carbons (Fsp3) is 0.364. The molecule has 0 saturated heterocycles. The third-order valence-electron chi connectivity index (χ3n) is 2.15. The molecule has 88 valence electrons. The van der Waals surface area contributed by atoms with Crippen molar-refractivity contribution < 1.29 is 13.6 Å². The van der Waals surface area contributed by atoms with Crippen molar-refractivity contribution in [1.82, 2.24) is 5.32 Å². The summed E-state index contributed by atoms with van der Waals surface area (Å²) in [6.45, 7) is 2.21. The topological polar surface area (TPSA) is 55.1 Å². The molecule has 0 saturated carbocycles. The summed E-state index contributed by atoms with van der Waals surface area (Å²) in [4.78, 5) is 11.5. The van der Waals surface area contributed by atoms with Crippen LogP contribution in [0.5, 0.6) is 0 Å². The van der Waals surface area contributed by atoms with Gasteiger partial charge in [-0.05, 0) is 32.0 Å². The molecule has 0 spiro atoms. The molecule has 5 heteroatoms. The van der Waals surface area contributed by atoms with Gasteiger partial charge in [0.25, 0.3) is 5.91 Å². The van der Waals surface area contributed by atoms with E-state index in [9.17, 15) is 13.6 Å². The average molecular weight is 228 g/mol. The van der Waals surface area contributed by atoms with Crippen LogP contribution in [0.2, 0.25) is 0 Å². The smallest absolute Gasteiger partial charge is 0.254 e. The van der Waals surface area contributed by atoms with Crippen molar-refractivity contribution in [2.24, 2.45) is 5.73 Å². The maximum absolute atomic E-state index is 13.2. The van der Waals surface area contributed by atoms with Gasteiger partial charge in [0.1, 0.15) is 11.6 Å². The highest BCUT2D eigenvalue weighted by atomic mass is 19.1. The predicted molar refractivity (Wildman–Crippen MR) is 57.0 cm³/mol. The highest BCUT2D eigenvalue weighted by Gasteiger charge is 2.14. The SMILES string of the molecule is CC(CCN)NC(=O)c1ccc(F)cc1F. The lowest BCUT2D eigenvalue weighted by atomic mass is 10.1. The molecule has 0 bridgehead atoms. The number of amides is 1. The summed E-state index contributed by atoms with van der Waals surface area (Å²) in [7, 11) is 0. The molecule has 1 rings (SSSR count). The summed E-state index contributed by atoms with van der Waals surface area (Å²) in [5.74, 6) is -2.13.